The molecule has 2 unspecified atom stereocenters. The van der Waals surface area contributed by atoms with Crippen molar-refractivity contribution in [1.82, 2.24) is 29.9 Å². The molecule has 4 rings (SSSR count). The molecule has 0 amide bonds. The number of aliphatic hydroxyl groups is 4. The van der Waals surface area contributed by atoms with Gasteiger partial charge in [0.25, 0.3) is 40.5 Å². The van der Waals surface area contributed by atoms with Crippen LogP contribution in [0.3, 0.4) is 0 Å². The molecular formula is C31H42N12O16S4. The highest BCUT2D eigenvalue weighted by atomic mass is 32.2. The molecule has 0 spiro atoms. The molecule has 2 aromatic heterocycles. The summed E-state index contributed by atoms with van der Waals surface area (Å²) in [6, 6.07) is 6.97. The lowest BCUT2D eigenvalue weighted by Crippen LogP contribution is -2.24. The lowest BCUT2D eigenvalue weighted by molar-refractivity contribution is 0.0910. The van der Waals surface area contributed by atoms with E-state index >= 15 is 0 Å². The van der Waals surface area contributed by atoms with Gasteiger partial charge in [-0.3, -0.25) is 18.2 Å². The van der Waals surface area contributed by atoms with E-state index in [0.717, 1.165) is 24.3 Å². The van der Waals surface area contributed by atoms with Crippen molar-refractivity contribution in [3.63, 3.8) is 0 Å². The van der Waals surface area contributed by atoms with Gasteiger partial charge >= 0.3 is 0 Å². The molecule has 0 radical (unpaired) electrons. The van der Waals surface area contributed by atoms with Crippen LogP contribution in [0.25, 0.3) is 12.2 Å². The summed E-state index contributed by atoms with van der Waals surface area (Å²) in [5.74, 6) is -2.70. The Morgan fingerprint density at radius 3 is 1.24 bits per heavy atom. The minimum absolute atomic E-state index is 0.0244. The Kier molecular flexibility index (Phi) is 17.3. The van der Waals surface area contributed by atoms with Crippen LogP contribution in [0.5, 0.6) is 0 Å². The molecule has 0 saturated heterocycles. The van der Waals surface area contributed by atoms with Crippen molar-refractivity contribution in [1.29, 1.82) is 0 Å². The first kappa shape index (κ1) is 50.1. The summed E-state index contributed by atoms with van der Waals surface area (Å²) in [6.45, 7) is -2.00. The minimum Gasteiger partial charge on any atom is -0.394 e. The van der Waals surface area contributed by atoms with Gasteiger partial charge in [-0.15, -0.1) is 0 Å². The Morgan fingerprint density at radius 2 is 0.873 bits per heavy atom. The molecular weight excluding hydrogens is 925 g/mol. The molecule has 28 nitrogen and oxygen atoms in total. The van der Waals surface area contributed by atoms with Gasteiger partial charge in [-0.25, -0.2) is 0 Å². The fraction of sp³-hybridized carbons (Fsp3) is 0.355. The van der Waals surface area contributed by atoms with E-state index < -0.39 is 87.2 Å². The average molecular weight is 967 g/mol. The highest BCUT2D eigenvalue weighted by molar-refractivity contribution is 7.86. The fourth-order valence-electron chi connectivity index (χ4n) is 4.86. The maximum Gasteiger partial charge on any atom is 0.295 e. The van der Waals surface area contributed by atoms with E-state index in [9.17, 15) is 53.0 Å². The molecule has 0 aliphatic carbocycles. The van der Waals surface area contributed by atoms with Crippen LogP contribution >= 0.6 is 0 Å². The molecule has 63 heavy (non-hydrogen) atoms. The molecule has 2 heterocycles. The number of hydrogen-bond donors (Lipinski definition) is 14. The summed E-state index contributed by atoms with van der Waals surface area (Å²) in [7, 11) is -18.7. The van der Waals surface area contributed by atoms with Crippen molar-refractivity contribution in [2.24, 2.45) is 0 Å². The second kappa shape index (κ2) is 21.7. The molecule has 0 fully saturated rings. The highest BCUT2D eigenvalue weighted by Gasteiger charge is 2.20. The van der Waals surface area contributed by atoms with Crippen LogP contribution in [-0.4, -0.2) is 165 Å². The Balaban J connectivity index is 1.63. The Hall–Kier alpha value is -5.52. The third kappa shape index (κ3) is 17.3. The van der Waals surface area contributed by atoms with Gasteiger partial charge in [-0.05, 0) is 41.8 Å². The molecule has 2 atom stereocenters. The van der Waals surface area contributed by atoms with Crippen LogP contribution in [0.4, 0.5) is 47.1 Å². The molecule has 14 N–H and O–H groups in total. The average Bonchev–Trinajstić information content (AvgIpc) is 3.18. The molecule has 32 heteroatoms. The van der Waals surface area contributed by atoms with Crippen LogP contribution < -0.4 is 31.9 Å². The van der Waals surface area contributed by atoms with E-state index in [2.05, 4.69) is 61.8 Å². The maximum atomic E-state index is 12.6. The van der Waals surface area contributed by atoms with Crippen LogP contribution in [0.1, 0.15) is 17.5 Å². The largest absolute Gasteiger partial charge is 0.394 e. The van der Waals surface area contributed by atoms with Crippen molar-refractivity contribution in [2.45, 2.75) is 28.4 Å². The molecule has 0 bridgehead atoms. The number of nitrogens with zero attached hydrogens (tertiary/aromatic N) is 6. The quantitative estimate of drug-likeness (QED) is 0.0272. The summed E-state index contributed by atoms with van der Waals surface area (Å²) in [4.78, 5) is 23.0. The van der Waals surface area contributed by atoms with E-state index in [1.54, 1.807) is 0 Å². The van der Waals surface area contributed by atoms with Gasteiger partial charge in [0, 0.05) is 37.6 Å². The first-order valence-electron chi connectivity index (χ1n) is 17.8. The Bertz CT molecular complexity index is 2720. The fourth-order valence-corrected chi connectivity index (χ4v) is 7.00. The van der Waals surface area contributed by atoms with E-state index in [1.165, 1.54) is 24.3 Å². The normalized spacial score (nSPS) is 13.3. The molecule has 2 aromatic carbocycles. The molecule has 0 saturated carbocycles. The molecule has 346 valence electrons. The first-order chi connectivity index (χ1) is 29.4. The van der Waals surface area contributed by atoms with Gasteiger partial charge in [0.15, 0.2) is 0 Å². The van der Waals surface area contributed by atoms with Crippen LogP contribution in [0.2, 0.25) is 0 Å². The highest BCUT2D eigenvalue weighted by Crippen LogP contribution is 2.28. The van der Waals surface area contributed by atoms with Crippen molar-refractivity contribution < 1.29 is 72.3 Å². The zero-order valence-corrected chi connectivity index (χ0v) is 35.6. The van der Waals surface area contributed by atoms with Gasteiger partial charge in [0.05, 0.1) is 36.9 Å². The zero-order chi connectivity index (χ0) is 46.6. The summed E-state index contributed by atoms with van der Waals surface area (Å²) in [5, 5.41) is 53.5. The van der Waals surface area contributed by atoms with Crippen molar-refractivity contribution in [2.75, 3.05) is 82.8 Å². The summed E-state index contributed by atoms with van der Waals surface area (Å²) >= 11 is 0. The van der Waals surface area contributed by atoms with Gasteiger partial charge in [-0.2, -0.15) is 63.6 Å². The lowest BCUT2D eigenvalue weighted by Gasteiger charge is -2.13. The van der Waals surface area contributed by atoms with Gasteiger partial charge < -0.3 is 52.3 Å². The first-order valence-corrected chi connectivity index (χ1v) is 23.9. The Morgan fingerprint density at radius 1 is 0.508 bits per heavy atom. The topological polar surface area (TPSA) is 448 Å². The van der Waals surface area contributed by atoms with Crippen LogP contribution in [0, 0.1) is 0 Å². The molecule has 0 aliphatic rings. The summed E-state index contributed by atoms with van der Waals surface area (Å²) < 4.78 is 133. The minimum atomic E-state index is -5.00. The number of aliphatic hydroxyl groups excluding tert-OH is 4. The van der Waals surface area contributed by atoms with Gasteiger partial charge in [0.1, 0.15) is 9.79 Å². The standard InChI is InChI=1S/C31H42N12O16S4/c44-16-22(46)7-8-32-26-38-27(33-9-11-60(48,49)50)41-30(40-26)36-20-5-3-18(24(13-20)62(54,55)56)1-2-19-4-6-21(14-25(19)63(57,58)59)37-31-42-28(34-10-12-61(51,52)53)39-29(43-31)35-15-23(47)17-45/h1-6,13-14,22-23,44-47H,7-12,15-17H2,(H,48,49,50)(H,51,52,53)(H,54,55,56)(H,57,58,59)(H3,32,33,36,38,40,41)(H3,34,35,37,39,42,43). The van der Waals surface area contributed by atoms with Gasteiger partial charge in [0.2, 0.25) is 35.7 Å². The molecule has 0 aliphatic heterocycles. The van der Waals surface area contributed by atoms with E-state index in [1.807, 2.05) is 0 Å². The SMILES string of the molecule is O=S(=O)(O)CCNc1nc(NCCC(O)CO)nc(Nc2ccc(C=Cc3ccc(Nc4nc(NCCS(=O)(=O)O)nc(NCC(O)CO)n4)cc3S(=O)(=O)O)c(S(=O)(=O)O)c2)n1. The summed E-state index contributed by atoms with van der Waals surface area (Å²) in [6.07, 6.45) is 0.00312. The smallest absolute Gasteiger partial charge is 0.295 e. The number of aromatic nitrogens is 6. The number of anilines is 8. The summed E-state index contributed by atoms with van der Waals surface area (Å²) in [5.41, 5.74) is -0.420. The van der Waals surface area contributed by atoms with Crippen LogP contribution in [-0.2, 0) is 40.5 Å². The Labute approximate surface area is 359 Å². The molecule has 4 aromatic rings. The third-order valence-electron chi connectivity index (χ3n) is 7.77. The van der Waals surface area contributed by atoms with Crippen molar-refractivity contribution >= 4 is 99.7 Å². The monoisotopic (exact) mass is 966 g/mol. The number of hydrogen-bond acceptors (Lipinski definition) is 24. The van der Waals surface area contributed by atoms with Crippen molar-refractivity contribution in [3.05, 3.63) is 47.5 Å². The zero-order valence-electron chi connectivity index (χ0n) is 32.3. The van der Waals surface area contributed by atoms with Crippen molar-refractivity contribution in [3.8, 4) is 0 Å². The predicted molar refractivity (Wildman–Crippen MR) is 225 cm³/mol. The number of rotatable bonds is 25. The lowest BCUT2D eigenvalue weighted by atomic mass is 10.1. The number of benzene rings is 2. The third-order valence-corrected chi connectivity index (χ3v) is 11.0. The van der Waals surface area contributed by atoms with Crippen LogP contribution in [0.15, 0.2) is 46.2 Å². The second-order valence-corrected chi connectivity index (χ2v) is 18.8. The van der Waals surface area contributed by atoms with E-state index in [4.69, 9.17) is 19.3 Å². The second-order valence-electron chi connectivity index (χ2n) is 12.8. The van der Waals surface area contributed by atoms with E-state index in [-0.39, 0.29) is 90.8 Å². The number of nitrogens with one attached hydrogen (secondary N) is 6. The predicted octanol–water partition coefficient (Wildman–Crippen LogP) is -1.27. The van der Waals surface area contributed by atoms with Gasteiger partial charge in [-0.1, -0.05) is 24.3 Å². The van der Waals surface area contributed by atoms with E-state index in [0.29, 0.717) is 0 Å². The maximum absolute atomic E-state index is 12.6.